The predicted molar refractivity (Wildman–Crippen MR) is 129 cm³/mol. The summed E-state index contributed by atoms with van der Waals surface area (Å²) in [4.78, 5) is 0. The molecule has 3 aromatic rings. The lowest BCUT2D eigenvalue weighted by atomic mass is 9.76. The van der Waals surface area contributed by atoms with Crippen LogP contribution in [0.15, 0.2) is 72.8 Å². The van der Waals surface area contributed by atoms with Gasteiger partial charge in [0.2, 0.25) is 0 Å². The summed E-state index contributed by atoms with van der Waals surface area (Å²) < 4.78 is 14.4. The average Bonchev–Trinajstić information content (AvgIpc) is 2.82. The van der Waals surface area contributed by atoms with E-state index >= 15 is 0 Å². The third-order valence-electron chi connectivity index (χ3n) is 7.16. The van der Waals surface area contributed by atoms with Crippen LogP contribution >= 0.6 is 0 Å². The van der Waals surface area contributed by atoms with Crippen LogP contribution in [0.4, 0.5) is 4.39 Å². The fourth-order valence-corrected chi connectivity index (χ4v) is 5.23. The SMILES string of the molecule is CCCc1ccc(C2CCC(c3ccc(CC(C)c4ccccc4)cc3)CC2)cc1F. The minimum absolute atomic E-state index is 0.0122. The van der Waals surface area contributed by atoms with E-state index in [0.29, 0.717) is 17.8 Å². The van der Waals surface area contributed by atoms with Gasteiger partial charge in [0, 0.05) is 0 Å². The largest absolute Gasteiger partial charge is 0.207 e. The molecule has 1 unspecified atom stereocenters. The summed E-state index contributed by atoms with van der Waals surface area (Å²) in [6.45, 7) is 4.41. The monoisotopic (exact) mass is 414 g/mol. The minimum atomic E-state index is -0.0122. The van der Waals surface area contributed by atoms with Crippen molar-refractivity contribution in [2.75, 3.05) is 0 Å². The second-order valence-corrected chi connectivity index (χ2v) is 9.41. The molecule has 0 aromatic heterocycles. The molecule has 0 radical (unpaired) electrons. The number of benzene rings is 3. The van der Waals surface area contributed by atoms with Crippen molar-refractivity contribution in [3.8, 4) is 0 Å². The molecule has 0 N–H and O–H groups in total. The molecule has 1 aliphatic rings. The van der Waals surface area contributed by atoms with Crippen molar-refractivity contribution in [3.05, 3.63) is 106 Å². The van der Waals surface area contributed by atoms with Crippen molar-refractivity contribution in [2.24, 2.45) is 0 Å². The summed E-state index contributed by atoms with van der Waals surface area (Å²) in [6.07, 6.45) is 7.61. The Hall–Kier alpha value is -2.41. The van der Waals surface area contributed by atoms with Gasteiger partial charge in [-0.05, 0) is 90.2 Å². The number of rotatable bonds is 7. The molecular weight excluding hydrogens is 379 g/mol. The van der Waals surface area contributed by atoms with E-state index in [4.69, 9.17) is 0 Å². The summed E-state index contributed by atoms with van der Waals surface area (Å²) in [7, 11) is 0. The van der Waals surface area contributed by atoms with E-state index in [1.54, 1.807) is 6.07 Å². The van der Waals surface area contributed by atoms with Crippen LogP contribution in [-0.2, 0) is 12.8 Å². The van der Waals surface area contributed by atoms with Gasteiger partial charge in [0.05, 0.1) is 0 Å². The van der Waals surface area contributed by atoms with Crippen LogP contribution in [0.5, 0.6) is 0 Å². The number of halogens is 1. The highest BCUT2D eigenvalue weighted by molar-refractivity contribution is 5.31. The first-order chi connectivity index (χ1) is 15.1. The third-order valence-corrected chi connectivity index (χ3v) is 7.16. The lowest BCUT2D eigenvalue weighted by Gasteiger charge is -2.29. The van der Waals surface area contributed by atoms with Crippen molar-refractivity contribution in [1.29, 1.82) is 0 Å². The standard InChI is InChI=1S/C30H35F/c1-3-7-28-18-19-29(21-30(28)31)27-16-14-26(15-17-27)25-12-10-23(11-13-25)20-22(2)24-8-5-4-6-9-24/h4-6,8-13,18-19,21-22,26-27H,3,7,14-17,20H2,1-2H3. The summed E-state index contributed by atoms with van der Waals surface area (Å²) in [5, 5.41) is 0. The second kappa shape index (κ2) is 10.3. The van der Waals surface area contributed by atoms with Crippen molar-refractivity contribution < 1.29 is 4.39 Å². The smallest absolute Gasteiger partial charge is 0.126 e. The normalized spacial score (nSPS) is 19.8. The van der Waals surface area contributed by atoms with E-state index in [1.807, 2.05) is 6.07 Å². The maximum atomic E-state index is 14.4. The molecule has 3 aromatic carbocycles. The van der Waals surface area contributed by atoms with Crippen LogP contribution in [-0.4, -0.2) is 0 Å². The van der Waals surface area contributed by atoms with Gasteiger partial charge in [-0.25, -0.2) is 4.39 Å². The Morgan fingerprint density at radius 3 is 2.03 bits per heavy atom. The summed E-state index contributed by atoms with van der Waals surface area (Å²) in [5.41, 5.74) is 6.35. The predicted octanol–water partition coefficient (Wildman–Crippen LogP) is 8.57. The Morgan fingerprint density at radius 1 is 0.806 bits per heavy atom. The highest BCUT2D eigenvalue weighted by Gasteiger charge is 2.24. The van der Waals surface area contributed by atoms with E-state index in [-0.39, 0.29) is 5.82 Å². The van der Waals surface area contributed by atoms with Crippen LogP contribution in [0, 0.1) is 5.82 Å². The summed E-state index contributed by atoms with van der Waals surface area (Å²) in [6, 6.07) is 26.1. The first-order valence-electron chi connectivity index (χ1n) is 12.1. The van der Waals surface area contributed by atoms with E-state index in [2.05, 4.69) is 74.5 Å². The lowest BCUT2D eigenvalue weighted by Crippen LogP contribution is -2.12. The van der Waals surface area contributed by atoms with Gasteiger partial charge in [-0.15, -0.1) is 0 Å². The Morgan fingerprint density at radius 2 is 1.42 bits per heavy atom. The van der Waals surface area contributed by atoms with Crippen LogP contribution in [0.2, 0.25) is 0 Å². The van der Waals surface area contributed by atoms with E-state index in [1.165, 1.54) is 35.1 Å². The molecule has 1 heteroatoms. The second-order valence-electron chi connectivity index (χ2n) is 9.41. The van der Waals surface area contributed by atoms with Crippen molar-refractivity contribution in [1.82, 2.24) is 0 Å². The molecule has 31 heavy (non-hydrogen) atoms. The Labute approximate surface area is 187 Å². The molecule has 0 saturated heterocycles. The molecule has 0 bridgehead atoms. The molecule has 4 rings (SSSR count). The van der Waals surface area contributed by atoms with Crippen LogP contribution < -0.4 is 0 Å². The third kappa shape index (κ3) is 5.45. The van der Waals surface area contributed by atoms with Gasteiger partial charge >= 0.3 is 0 Å². The molecule has 0 aliphatic heterocycles. The van der Waals surface area contributed by atoms with Gasteiger partial charge in [0.1, 0.15) is 5.82 Å². The molecule has 0 spiro atoms. The van der Waals surface area contributed by atoms with E-state index in [0.717, 1.165) is 37.7 Å². The molecule has 0 heterocycles. The Balaban J connectivity index is 1.33. The first-order valence-corrected chi connectivity index (χ1v) is 12.1. The average molecular weight is 415 g/mol. The number of hydrogen-bond donors (Lipinski definition) is 0. The topological polar surface area (TPSA) is 0 Å². The van der Waals surface area contributed by atoms with Crippen LogP contribution in [0.25, 0.3) is 0 Å². The molecular formula is C30H35F. The first kappa shape index (κ1) is 21.8. The molecule has 1 atom stereocenters. The van der Waals surface area contributed by atoms with Gasteiger partial charge in [-0.1, -0.05) is 87.0 Å². The van der Waals surface area contributed by atoms with Gasteiger partial charge in [-0.3, -0.25) is 0 Å². The zero-order chi connectivity index (χ0) is 21.6. The molecule has 1 saturated carbocycles. The van der Waals surface area contributed by atoms with Gasteiger partial charge < -0.3 is 0 Å². The quantitative estimate of drug-likeness (QED) is 0.363. The summed E-state index contributed by atoms with van der Waals surface area (Å²) in [5.74, 6) is 1.67. The minimum Gasteiger partial charge on any atom is -0.207 e. The Kier molecular flexibility index (Phi) is 7.22. The van der Waals surface area contributed by atoms with Gasteiger partial charge in [-0.2, -0.15) is 0 Å². The fourth-order valence-electron chi connectivity index (χ4n) is 5.23. The highest BCUT2D eigenvalue weighted by atomic mass is 19.1. The lowest BCUT2D eigenvalue weighted by molar-refractivity contribution is 0.395. The maximum absolute atomic E-state index is 14.4. The fraction of sp³-hybridized carbons (Fsp3) is 0.400. The molecule has 1 fully saturated rings. The summed E-state index contributed by atoms with van der Waals surface area (Å²) >= 11 is 0. The van der Waals surface area contributed by atoms with E-state index < -0.39 is 0 Å². The molecule has 0 nitrogen and oxygen atoms in total. The molecule has 1 aliphatic carbocycles. The zero-order valence-electron chi connectivity index (χ0n) is 19.0. The highest BCUT2D eigenvalue weighted by Crippen LogP contribution is 2.41. The zero-order valence-corrected chi connectivity index (χ0v) is 19.0. The van der Waals surface area contributed by atoms with Crippen LogP contribution in [0.3, 0.4) is 0 Å². The van der Waals surface area contributed by atoms with E-state index in [9.17, 15) is 4.39 Å². The number of hydrogen-bond acceptors (Lipinski definition) is 0. The van der Waals surface area contributed by atoms with Crippen molar-refractivity contribution in [3.63, 3.8) is 0 Å². The number of aryl methyl sites for hydroxylation is 1. The van der Waals surface area contributed by atoms with Crippen molar-refractivity contribution >= 4 is 0 Å². The molecule has 0 amide bonds. The van der Waals surface area contributed by atoms with Crippen molar-refractivity contribution in [2.45, 2.75) is 76.5 Å². The van der Waals surface area contributed by atoms with Crippen LogP contribution in [0.1, 0.15) is 91.5 Å². The maximum Gasteiger partial charge on any atom is 0.126 e. The van der Waals surface area contributed by atoms with Gasteiger partial charge in [0.25, 0.3) is 0 Å². The Bertz CT molecular complexity index is 949. The van der Waals surface area contributed by atoms with Gasteiger partial charge in [0.15, 0.2) is 0 Å². The molecule has 162 valence electrons.